The first-order chi connectivity index (χ1) is 10.1. The molecule has 2 aromatic heterocycles. The van der Waals surface area contributed by atoms with Crippen LogP contribution in [0.1, 0.15) is 11.7 Å². The minimum Gasteiger partial charge on any atom is -0.386 e. The lowest BCUT2D eigenvalue weighted by Gasteiger charge is -2.11. The lowest BCUT2D eigenvalue weighted by atomic mass is 10.2. The highest BCUT2D eigenvalue weighted by molar-refractivity contribution is 6.34. The van der Waals surface area contributed by atoms with Crippen molar-refractivity contribution in [2.24, 2.45) is 7.05 Å². The molecule has 0 saturated carbocycles. The molecular weight excluding hydrogens is 288 g/mol. The number of nitrogens with one attached hydrogen (secondary N) is 1. The Balaban J connectivity index is 1.76. The van der Waals surface area contributed by atoms with Gasteiger partial charge in [0.2, 0.25) is 0 Å². The van der Waals surface area contributed by atoms with Crippen LogP contribution in [-0.4, -0.2) is 26.4 Å². The maximum atomic E-state index is 10.1. The van der Waals surface area contributed by atoms with E-state index in [-0.39, 0.29) is 0 Å². The fraction of sp³-hybridized carbons (Fsp3) is 0.200. The van der Waals surface area contributed by atoms with Gasteiger partial charge in [0.1, 0.15) is 11.0 Å². The average Bonchev–Trinajstić information content (AvgIpc) is 2.91. The van der Waals surface area contributed by atoms with Gasteiger partial charge in [0.15, 0.2) is 0 Å². The number of rotatable bonds is 4. The molecule has 0 radical (unpaired) electrons. The first kappa shape index (κ1) is 13.9. The van der Waals surface area contributed by atoms with Crippen molar-refractivity contribution in [3.63, 3.8) is 0 Å². The van der Waals surface area contributed by atoms with Crippen LogP contribution in [0.2, 0.25) is 5.15 Å². The van der Waals surface area contributed by atoms with Crippen LogP contribution in [0.3, 0.4) is 0 Å². The molecule has 0 aliphatic carbocycles. The van der Waals surface area contributed by atoms with Crippen LogP contribution in [0.25, 0.3) is 10.8 Å². The number of aliphatic hydroxyl groups is 1. The van der Waals surface area contributed by atoms with E-state index in [1.807, 2.05) is 37.4 Å². The van der Waals surface area contributed by atoms with E-state index in [0.29, 0.717) is 17.5 Å². The molecular formula is C15H15ClN4O. The summed E-state index contributed by atoms with van der Waals surface area (Å²) in [7, 11) is 1.81. The van der Waals surface area contributed by atoms with Gasteiger partial charge in [-0.15, -0.1) is 0 Å². The quantitative estimate of drug-likeness (QED) is 0.728. The Morgan fingerprint density at radius 3 is 2.95 bits per heavy atom. The minimum atomic E-state index is -0.647. The summed E-state index contributed by atoms with van der Waals surface area (Å²) in [5.41, 5.74) is 0.761. The molecule has 1 unspecified atom stereocenters. The summed E-state index contributed by atoms with van der Waals surface area (Å²) in [6, 6.07) is 9.70. The van der Waals surface area contributed by atoms with Crippen LogP contribution in [0.5, 0.6) is 0 Å². The van der Waals surface area contributed by atoms with E-state index < -0.39 is 6.10 Å². The first-order valence-electron chi connectivity index (χ1n) is 6.59. The van der Waals surface area contributed by atoms with Crippen molar-refractivity contribution in [3.8, 4) is 0 Å². The lowest BCUT2D eigenvalue weighted by Crippen LogP contribution is -2.12. The number of anilines is 1. The normalized spacial score (nSPS) is 12.5. The van der Waals surface area contributed by atoms with Gasteiger partial charge in [0.05, 0.1) is 12.3 Å². The fourth-order valence-corrected chi connectivity index (χ4v) is 2.44. The van der Waals surface area contributed by atoms with Crippen molar-refractivity contribution in [1.82, 2.24) is 14.8 Å². The van der Waals surface area contributed by atoms with E-state index in [0.717, 1.165) is 16.3 Å². The molecule has 21 heavy (non-hydrogen) atoms. The number of halogens is 1. The van der Waals surface area contributed by atoms with Gasteiger partial charge in [-0.05, 0) is 11.5 Å². The summed E-state index contributed by atoms with van der Waals surface area (Å²) in [6.07, 6.45) is 2.78. The molecule has 1 aromatic carbocycles. The van der Waals surface area contributed by atoms with Crippen molar-refractivity contribution in [2.45, 2.75) is 6.10 Å². The summed E-state index contributed by atoms with van der Waals surface area (Å²) in [6.45, 7) is 0.341. The van der Waals surface area contributed by atoms with Gasteiger partial charge in [-0.3, -0.25) is 4.68 Å². The Labute approximate surface area is 127 Å². The van der Waals surface area contributed by atoms with E-state index in [1.54, 1.807) is 17.1 Å². The summed E-state index contributed by atoms with van der Waals surface area (Å²) in [5.74, 6) is 0.640. The van der Waals surface area contributed by atoms with E-state index in [1.165, 1.54) is 0 Å². The van der Waals surface area contributed by atoms with Crippen molar-refractivity contribution in [2.75, 3.05) is 11.9 Å². The van der Waals surface area contributed by atoms with E-state index in [4.69, 9.17) is 11.6 Å². The van der Waals surface area contributed by atoms with Crippen molar-refractivity contribution >= 4 is 28.2 Å². The molecule has 3 aromatic rings. The zero-order valence-corrected chi connectivity index (χ0v) is 12.2. The van der Waals surface area contributed by atoms with Gasteiger partial charge in [-0.1, -0.05) is 35.9 Å². The Bertz CT molecular complexity index is 771. The maximum Gasteiger partial charge on any atom is 0.139 e. The standard InChI is InChI=1S/C15H15ClN4O/c1-20-9-11(7-18-20)13(21)8-17-14-6-10-4-2-3-5-12(10)15(16)19-14/h2-7,9,13,21H,8H2,1H3,(H,17,19). The molecule has 0 bridgehead atoms. The maximum absolute atomic E-state index is 10.1. The fourth-order valence-electron chi connectivity index (χ4n) is 2.18. The van der Waals surface area contributed by atoms with Crippen molar-refractivity contribution in [1.29, 1.82) is 0 Å². The molecule has 6 heteroatoms. The second-order valence-corrected chi connectivity index (χ2v) is 5.22. The molecule has 2 N–H and O–H groups in total. The van der Waals surface area contributed by atoms with Gasteiger partial charge in [-0.2, -0.15) is 5.10 Å². The Morgan fingerprint density at radius 2 is 2.19 bits per heavy atom. The molecule has 0 saturated heterocycles. The van der Waals surface area contributed by atoms with Gasteiger partial charge >= 0.3 is 0 Å². The summed E-state index contributed by atoms with van der Waals surface area (Å²) in [4.78, 5) is 4.29. The molecule has 5 nitrogen and oxygen atoms in total. The van der Waals surface area contributed by atoms with E-state index in [9.17, 15) is 5.11 Å². The van der Waals surface area contributed by atoms with Crippen LogP contribution < -0.4 is 5.32 Å². The topological polar surface area (TPSA) is 63.0 Å². The third kappa shape index (κ3) is 2.99. The number of nitrogens with zero attached hydrogens (tertiary/aromatic N) is 3. The predicted molar refractivity (Wildman–Crippen MR) is 83.4 cm³/mol. The van der Waals surface area contributed by atoms with Crippen LogP contribution >= 0.6 is 11.6 Å². The molecule has 3 rings (SSSR count). The molecule has 2 heterocycles. The zero-order chi connectivity index (χ0) is 14.8. The predicted octanol–water partition coefficient (Wildman–Crippen LogP) is 2.77. The molecule has 0 fully saturated rings. The number of hydrogen-bond donors (Lipinski definition) is 2. The number of fused-ring (bicyclic) bond motifs is 1. The Morgan fingerprint density at radius 1 is 1.38 bits per heavy atom. The van der Waals surface area contributed by atoms with Crippen LogP contribution in [0.15, 0.2) is 42.7 Å². The van der Waals surface area contributed by atoms with Gasteiger partial charge in [-0.25, -0.2) is 4.98 Å². The highest BCUT2D eigenvalue weighted by atomic mass is 35.5. The summed E-state index contributed by atoms with van der Waals surface area (Å²) >= 11 is 6.17. The number of hydrogen-bond acceptors (Lipinski definition) is 4. The zero-order valence-electron chi connectivity index (χ0n) is 11.5. The first-order valence-corrected chi connectivity index (χ1v) is 6.97. The van der Waals surface area contributed by atoms with Crippen LogP contribution in [0, 0.1) is 0 Å². The highest BCUT2D eigenvalue weighted by Crippen LogP contribution is 2.24. The van der Waals surface area contributed by atoms with Crippen molar-refractivity contribution < 1.29 is 5.11 Å². The number of aromatic nitrogens is 3. The lowest BCUT2D eigenvalue weighted by molar-refractivity contribution is 0.191. The van der Waals surface area contributed by atoms with Gasteiger partial charge < -0.3 is 10.4 Å². The van der Waals surface area contributed by atoms with E-state index in [2.05, 4.69) is 15.4 Å². The summed E-state index contributed by atoms with van der Waals surface area (Å²) in [5, 5.41) is 19.6. The number of aliphatic hydroxyl groups excluding tert-OH is 1. The number of pyridine rings is 1. The number of benzene rings is 1. The second kappa shape index (κ2) is 5.71. The van der Waals surface area contributed by atoms with E-state index >= 15 is 0 Å². The van der Waals surface area contributed by atoms with Crippen LogP contribution in [0.4, 0.5) is 5.82 Å². The SMILES string of the molecule is Cn1cc(C(O)CNc2cc3ccccc3c(Cl)n2)cn1. The molecule has 0 spiro atoms. The molecule has 108 valence electrons. The van der Waals surface area contributed by atoms with Gasteiger partial charge in [0.25, 0.3) is 0 Å². The summed E-state index contributed by atoms with van der Waals surface area (Å²) < 4.78 is 1.66. The minimum absolute atomic E-state index is 0.341. The third-order valence-electron chi connectivity index (χ3n) is 3.28. The van der Waals surface area contributed by atoms with Crippen LogP contribution in [-0.2, 0) is 7.05 Å². The largest absolute Gasteiger partial charge is 0.386 e. The van der Waals surface area contributed by atoms with Crippen molar-refractivity contribution in [3.05, 3.63) is 53.4 Å². The molecule has 1 atom stereocenters. The molecule has 0 amide bonds. The average molecular weight is 303 g/mol. The monoisotopic (exact) mass is 302 g/mol. The molecule has 0 aliphatic rings. The molecule has 0 aliphatic heterocycles. The Hall–Kier alpha value is -2.11. The highest BCUT2D eigenvalue weighted by Gasteiger charge is 2.10. The Kier molecular flexibility index (Phi) is 3.77. The smallest absolute Gasteiger partial charge is 0.139 e. The second-order valence-electron chi connectivity index (χ2n) is 4.86. The van der Waals surface area contributed by atoms with Gasteiger partial charge in [0, 0.05) is 30.7 Å². The third-order valence-corrected chi connectivity index (χ3v) is 3.57. The number of aryl methyl sites for hydroxylation is 1.